The van der Waals surface area contributed by atoms with E-state index in [0.29, 0.717) is 0 Å². The maximum Gasteiger partial charge on any atom is 0.306 e. The Bertz CT molecular complexity index is 201. The third-order valence-corrected chi connectivity index (χ3v) is 3.90. The van der Waals surface area contributed by atoms with Gasteiger partial charge in [-0.2, -0.15) is 0 Å². The summed E-state index contributed by atoms with van der Waals surface area (Å²) >= 11 is 0. The maximum absolute atomic E-state index is 11.0. The lowest BCUT2D eigenvalue weighted by Crippen LogP contribution is -2.13. The highest BCUT2D eigenvalue weighted by Gasteiger charge is 2.19. The van der Waals surface area contributed by atoms with Crippen LogP contribution in [-0.2, 0) is 4.79 Å². The molecule has 2 heteroatoms. The number of hydrogen-bond donors (Lipinski definition) is 1. The molecular weight excluding hydrogens is 200 g/mol. The van der Waals surface area contributed by atoms with Gasteiger partial charge in [0.1, 0.15) is 0 Å². The summed E-state index contributed by atoms with van der Waals surface area (Å²) in [7, 11) is 0. The Balaban J connectivity index is 2.33. The minimum atomic E-state index is -0.577. The van der Waals surface area contributed by atoms with Crippen molar-refractivity contribution in [2.45, 2.75) is 71.1 Å². The van der Waals surface area contributed by atoms with E-state index in [9.17, 15) is 4.79 Å². The first-order valence-electron chi connectivity index (χ1n) is 6.96. The third kappa shape index (κ3) is 5.00. The first-order valence-corrected chi connectivity index (χ1v) is 6.96. The molecule has 2 atom stereocenters. The zero-order valence-electron chi connectivity index (χ0n) is 10.6. The lowest BCUT2D eigenvalue weighted by molar-refractivity contribution is -0.142. The van der Waals surface area contributed by atoms with Crippen molar-refractivity contribution in [3.8, 4) is 0 Å². The maximum atomic E-state index is 11.0. The molecule has 0 radical (unpaired) electrons. The molecule has 0 aromatic rings. The number of carboxylic acid groups (broad SMARTS) is 1. The first kappa shape index (κ1) is 13.5. The molecule has 0 aromatic carbocycles. The molecule has 2 nitrogen and oxygen atoms in total. The summed E-state index contributed by atoms with van der Waals surface area (Å²) in [5.41, 5.74) is 0. The molecule has 0 heterocycles. The molecule has 1 aliphatic carbocycles. The molecule has 0 bridgehead atoms. The highest BCUT2D eigenvalue weighted by molar-refractivity contribution is 5.69. The number of carbonyl (C=O) groups is 1. The van der Waals surface area contributed by atoms with Gasteiger partial charge in [0.25, 0.3) is 0 Å². The predicted molar refractivity (Wildman–Crippen MR) is 66.5 cm³/mol. The fourth-order valence-corrected chi connectivity index (χ4v) is 2.79. The molecule has 0 spiro atoms. The van der Waals surface area contributed by atoms with E-state index in [4.69, 9.17) is 5.11 Å². The molecule has 1 fully saturated rings. The van der Waals surface area contributed by atoms with E-state index in [-0.39, 0.29) is 5.92 Å². The van der Waals surface area contributed by atoms with Crippen LogP contribution < -0.4 is 0 Å². The van der Waals surface area contributed by atoms with Gasteiger partial charge in [-0.25, -0.2) is 0 Å². The SMILES string of the molecule is CCCCC1CCCCC(C(=O)O)CCC1. The minimum absolute atomic E-state index is 0.0649. The van der Waals surface area contributed by atoms with Crippen LogP contribution in [0.2, 0.25) is 0 Å². The van der Waals surface area contributed by atoms with E-state index in [1.165, 1.54) is 38.5 Å². The van der Waals surface area contributed by atoms with Gasteiger partial charge in [-0.05, 0) is 18.8 Å². The van der Waals surface area contributed by atoms with E-state index in [2.05, 4.69) is 6.92 Å². The van der Waals surface area contributed by atoms with Gasteiger partial charge in [-0.3, -0.25) is 4.79 Å². The zero-order valence-corrected chi connectivity index (χ0v) is 10.6. The van der Waals surface area contributed by atoms with Crippen molar-refractivity contribution in [1.82, 2.24) is 0 Å². The Labute approximate surface area is 99.4 Å². The Morgan fingerprint density at radius 1 is 1.12 bits per heavy atom. The van der Waals surface area contributed by atoms with Gasteiger partial charge >= 0.3 is 5.97 Å². The summed E-state index contributed by atoms with van der Waals surface area (Å²) in [5.74, 6) is 0.226. The molecule has 1 rings (SSSR count). The van der Waals surface area contributed by atoms with Gasteiger partial charge in [-0.15, -0.1) is 0 Å². The van der Waals surface area contributed by atoms with E-state index >= 15 is 0 Å². The normalized spacial score (nSPS) is 27.8. The predicted octanol–water partition coefficient (Wildman–Crippen LogP) is 4.24. The molecule has 94 valence electrons. The molecule has 0 aromatic heterocycles. The van der Waals surface area contributed by atoms with E-state index < -0.39 is 5.97 Å². The van der Waals surface area contributed by atoms with E-state index in [1.807, 2.05) is 0 Å². The molecule has 1 N–H and O–H groups in total. The minimum Gasteiger partial charge on any atom is -0.481 e. The molecule has 0 amide bonds. The standard InChI is InChI=1S/C14H26O2/c1-2-3-7-12-8-4-5-10-13(14(15)16)11-6-9-12/h12-13H,2-11H2,1H3,(H,15,16). The van der Waals surface area contributed by atoms with Crippen molar-refractivity contribution < 1.29 is 9.90 Å². The fraction of sp³-hybridized carbons (Fsp3) is 0.929. The molecule has 0 saturated heterocycles. The number of aliphatic carboxylic acids is 1. The van der Waals surface area contributed by atoms with Crippen molar-refractivity contribution in [2.24, 2.45) is 11.8 Å². The van der Waals surface area contributed by atoms with Crippen molar-refractivity contribution in [3.05, 3.63) is 0 Å². The second-order valence-corrected chi connectivity index (χ2v) is 5.26. The van der Waals surface area contributed by atoms with Gasteiger partial charge in [0.05, 0.1) is 5.92 Å². The number of hydrogen-bond acceptors (Lipinski definition) is 1. The first-order chi connectivity index (χ1) is 7.74. The Kier molecular flexibility index (Phi) is 6.51. The van der Waals surface area contributed by atoms with Crippen LogP contribution in [0.4, 0.5) is 0 Å². The topological polar surface area (TPSA) is 37.3 Å². The Hall–Kier alpha value is -0.530. The lowest BCUT2D eigenvalue weighted by Gasteiger charge is -2.15. The van der Waals surface area contributed by atoms with Gasteiger partial charge in [0.15, 0.2) is 0 Å². The lowest BCUT2D eigenvalue weighted by atomic mass is 9.91. The molecule has 1 aliphatic rings. The fourth-order valence-electron chi connectivity index (χ4n) is 2.79. The van der Waals surface area contributed by atoms with Crippen LogP contribution in [0.15, 0.2) is 0 Å². The van der Waals surface area contributed by atoms with Crippen LogP contribution in [-0.4, -0.2) is 11.1 Å². The number of carboxylic acids is 1. The Morgan fingerprint density at radius 2 is 1.75 bits per heavy atom. The molecule has 0 aliphatic heterocycles. The number of unbranched alkanes of at least 4 members (excludes halogenated alkanes) is 1. The van der Waals surface area contributed by atoms with Crippen LogP contribution in [0.1, 0.15) is 71.1 Å². The summed E-state index contributed by atoms with van der Waals surface area (Å²) in [5, 5.41) is 9.05. The molecular formula is C14H26O2. The summed E-state index contributed by atoms with van der Waals surface area (Å²) < 4.78 is 0. The molecule has 1 saturated carbocycles. The average molecular weight is 226 g/mol. The Morgan fingerprint density at radius 3 is 2.44 bits per heavy atom. The van der Waals surface area contributed by atoms with Crippen LogP contribution in [0.5, 0.6) is 0 Å². The zero-order chi connectivity index (χ0) is 11.8. The van der Waals surface area contributed by atoms with Gasteiger partial charge in [0, 0.05) is 0 Å². The van der Waals surface area contributed by atoms with Crippen molar-refractivity contribution in [1.29, 1.82) is 0 Å². The second-order valence-electron chi connectivity index (χ2n) is 5.26. The molecule has 2 unspecified atom stereocenters. The smallest absolute Gasteiger partial charge is 0.306 e. The van der Waals surface area contributed by atoms with Crippen molar-refractivity contribution in [2.75, 3.05) is 0 Å². The highest BCUT2D eigenvalue weighted by Crippen LogP contribution is 2.28. The third-order valence-electron chi connectivity index (χ3n) is 3.90. The summed E-state index contributed by atoms with van der Waals surface area (Å²) in [6.45, 7) is 2.25. The van der Waals surface area contributed by atoms with E-state index in [0.717, 1.165) is 31.6 Å². The molecule has 16 heavy (non-hydrogen) atoms. The average Bonchev–Trinajstić information content (AvgIpc) is 2.37. The quantitative estimate of drug-likeness (QED) is 0.778. The summed E-state index contributed by atoms with van der Waals surface area (Å²) in [6, 6.07) is 0. The van der Waals surface area contributed by atoms with E-state index in [1.54, 1.807) is 0 Å². The number of rotatable bonds is 4. The van der Waals surface area contributed by atoms with Crippen LogP contribution >= 0.6 is 0 Å². The van der Waals surface area contributed by atoms with Gasteiger partial charge in [-0.1, -0.05) is 58.3 Å². The van der Waals surface area contributed by atoms with Gasteiger partial charge < -0.3 is 5.11 Å². The second kappa shape index (κ2) is 7.70. The summed E-state index contributed by atoms with van der Waals surface area (Å²) in [6.07, 6.45) is 11.8. The van der Waals surface area contributed by atoms with Gasteiger partial charge in [0.2, 0.25) is 0 Å². The van der Waals surface area contributed by atoms with Crippen LogP contribution in [0, 0.1) is 11.8 Å². The summed E-state index contributed by atoms with van der Waals surface area (Å²) in [4.78, 5) is 11.0. The largest absolute Gasteiger partial charge is 0.481 e. The monoisotopic (exact) mass is 226 g/mol. The van der Waals surface area contributed by atoms with Crippen molar-refractivity contribution >= 4 is 5.97 Å². The van der Waals surface area contributed by atoms with Crippen LogP contribution in [0.3, 0.4) is 0 Å². The highest BCUT2D eigenvalue weighted by atomic mass is 16.4. The van der Waals surface area contributed by atoms with Crippen molar-refractivity contribution in [3.63, 3.8) is 0 Å². The van der Waals surface area contributed by atoms with Crippen LogP contribution in [0.25, 0.3) is 0 Å².